The Balaban J connectivity index is 1.88. The van der Waals surface area contributed by atoms with Gasteiger partial charge >= 0.3 is 0 Å². The minimum atomic E-state index is -0.0809. The Morgan fingerprint density at radius 2 is 2.04 bits per heavy atom. The summed E-state index contributed by atoms with van der Waals surface area (Å²) in [5.41, 5.74) is 2.07. The molecule has 1 amide bonds. The lowest BCUT2D eigenvalue weighted by Gasteiger charge is -2.19. The third-order valence-electron chi connectivity index (χ3n) is 3.89. The summed E-state index contributed by atoms with van der Waals surface area (Å²) in [7, 11) is 1.83. The van der Waals surface area contributed by atoms with Gasteiger partial charge in [-0.1, -0.05) is 18.2 Å². The molecule has 3 rings (SSSR count). The van der Waals surface area contributed by atoms with Crippen LogP contribution in [-0.4, -0.2) is 43.6 Å². The van der Waals surface area contributed by atoms with Gasteiger partial charge in [0.05, 0.1) is 11.6 Å². The van der Waals surface area contributed by atoms with Crippen LogP contribution in [0.2, 0.25) is 0 Å². The Morgan fingerprint density at radius 3 is 2.77 bits per heavy atom. The maximum atomic E-state index is 12.7. The molecule has 0 fully saturated rings. The summed E-state index contributed by atoms with van der Waals surface area (Å²) in [6.07, 6.45) is 6.59. The minimum absolute atomic E-state index is 0.0809. The van der Waals surface area contributed by atoms with Crippen molar-refractivity contribution in [3.05, 3.63) is 67.7 Å². The molecule has 0 aliphatic heterocycles. The lowest BCUT2D eigenvalue weighted by molar-refractivity contribution is 0.0791. The maximum Gasteiger partial charge on any atom is 0.254 e. The SMILES string of the molecule is C=CCN(CC=C)C(=O)c1cccc(Nc2ncnc3c2cnn3C)c1. The van der Waals surface area contributed by atoms with Gasteiger partial charge in [-0.05, 0) is 18.2 Å². The zero-order valence-corrected chi connectivity index (χ0v) is 14.6. The number of carbonyl (C=O) groups is 1. The fourth-order valence-electron chi connectivity index (χ4n) is 2.66. The fourth-order valence-corrected chi connectivity index (χ4v) is 2.66. The minimum Gasteiger partial charge on any atom is -0.339 e. The first-order valence-electron chi connectivity index (χ1n) is 8.15. The van der Waals surface area contributed by atoms with Gasteiger partial charge in [0.1, 0.15) is 12.1 Å². The average Bonchev–Trinajstić information content (AvgIpc) is 3.03. The number of carbonyl (C=O) groups excluding carboxylic acids is 1. The van der Waals surface area contributed by atoms with Crippen molar-refractivity contribution >= 4 is 28.4 Å². The molecule has 3 aromatic rings. The van der Waals surface area contributed by atoms with Crippen LogP contribution < -0.4 is 5.32 Å². The van der Waals surface area contributed by atoms with E-state index in [0.717, 1.165) is 16.7 Å². The van der Waals surface area contributed by atoms with Crippen molar-refractivity contribution in [1.82, 2.24) is 24.6 Å². The first-order valence-corrected chi connectivity index (χ1v) is 8.15. The van der Waals surface area contributed by atoms with Crippen LogP contribution in [0.25, 0.3) is 11.0 Å². The molecule has 1 N–H and O–H groups in total. The predicted octanol–water partition coefficient (Wildman–Crippen LogP) is 2.92. The molecule has 0 atom stereocenters. The van der Waals surface area contributed by atoms with Gasteiger partial charge in [0, 0.05) is 31.4 Å². The quantitative estimate of drug-likeness (QED) is 0.665. The molecule has 1 aromatic carbocycles. The van der Waals surface area contributed by atoms with Crippen molar-refractivity contribution in [2.45, 2.75) is 0 Å². The van der Waals surface area contributed by atoms with Crippen LogP contribution in [0.15, 0.2) is 62.1 Å². The number of aromatic nitrogens is 4. The summed E-state index contributed by atoms with van der Waals surface area (Å²) < 4.78 is 1.69. The van der Waals surface area contributed by atoms with Crippen LogP contribution >= 0.6 is 0 Å². The standard InChI is InChI=1S/C19H20N6O/c1-4-9-25(10-5-2)19(26)14-7-6-8-15(11-14)23-17-16-12-22-24(3)18(16)21-13-20-17/h4-8,11-13H,1-2,9-10H2,3H3,(H,20,21,23). The van der Waals surface area contributed by atoms with Gasteiger partial charge in [-0.15, -0.1) is 13.2 Å². The molecular weight excluding hydrogens is 328 g/mol. The third kappa shape index (κ3) is 3.46. The molecule has 0 unspecified atom stereocenters. The number of hydrogen-bond acceptors (Lipinski definition) is 5. The molecule has 0 spiro atoms. The number of nitrogens with zero attached hydrogens (tertiary/aromatic N) is 5. The largest absolute Gasteiger partial charge is 0.339 e. The number of amides is 1. The number of nitrogens with one attached hydrogen (secondary N) is 1. The Hall–Kier alpha value is -3.48. The van der Waals surface area contributed by atoms with Crippen molar-refractivity contribution in [3.8, 4) is 0 Å². The fraction of sp³-hybridized carbons (Fsp3) is 0.158. The maximum absolute atomic E-state index is 12.7. The monoisotopic (exact) mass is 348 g/mol. The molecule has 0 aliphatic rings. The molecule has 2 aromatic heterocycles. The smallest absolute Gasteiger partial charge is 0.254 e. The highest BCUT2D eigenvalue weighted by Crippen LogP contribution is 2.23. The Kier molecular flexibility index (Phi) is 5.07. The lowest BCUT2D eigenvalue weighted by atomic mass is 10.1. The van der Waals surface area contributed by atoms with E-state index in [1.54, 1.807) is 40.1 Å². The zero-order valence-electron chi connectivity index (χ0n) is 14.6. The second-order valence-corrected chi connectivity index (χ2v) is 5.72. The Bertz CT molecular complexity index is 952. The molecule has 0 saturated heterocycles. The van der Waals surface area contributed by atoms with Gasteiger partial charge in [0.25, 0.3) is 5.91 Å². The van der Waals surface area contributed by atoms with Crippen LogP contribution in [0.1, 0.15) is 10.4 Å². The molecule has 26 heavy (non-hydrogen) atoms. The normalized spacial score (nSPS) is 10.5. The van der Waals surface area contributed by atoms with Crippen LogP contribution in [0, 0.1) is 0 Å². The summed E-state index contributed by atoms with van der Waals surface area (Å²) in [6, 6.07) is 7.29. The number of benzene rings is 1. The number of rotatable bonds is 7. The van der Waals surface area contributed by atoms with E-state index in [1.165, 1.54) is 6.33 Å². The molecule has 0 radical (unpaired) electrons. The second kappa shape index (κ2) is 7.60. The van der Waals surface area contributed by atoms with Crippen LogP contribution in [-0.2, 0) is 7.05 Å². The molecule has 132 valence electrons. The van der Waals surface area contributed by atoms with E-state index >= 15 is 0 Å². The van der Waals surface area contributed by atoms with Crippen molar-refractivity contribution < 1.29 is 4.79 Å². The topological polar surface area (TPSA) is 75.9 Å². The molecule has 0 bridgehead atoms. The molecule has 7 heteroatoms. The number of fused-ring (bicyclic) bond motifs is 1. The van der Waals surface area contributed by atoms with Gasteiger partial charge < -0.3 is 10.2 Å². The molecule has 2 heterocycles. The highest BCUT2D eigenvalue weighted by atomic mass is 16.2. The van der Waals surface area contributed by atoms with Crippen LogP contribution in [0.5, 0.6) is 0 Å². The van der Waals surface area contributed by atoms with Crippen molar-refractivity contribution in [1.29, 1.82) is 0 Å². The van der Waals surface area contributed by atoms with E-state index in [9.17, 15) is 4.79 Å². The van der Waals surface area contributed by atoms with Crippen LogP contribution in [0.3, 0.4) is 0 Å². The summed E-state index contributed by atoms with van der Waals surface area (Å²) in [4.78, 5) is 22.9. The van der Waals surface area contributed by atoms with Gasteiger partial charge in [-0.25, -0.2) is 9.97 Å². The van der Waals surface area contributed by atoms with Gasteiger partial charge in [0.15, 0.2) is 5.65 Å². The van der Waals surface area contributed by atoms with Crippen molar-refractivity contribution in [2.75, 3.05) is 18.4 Å². The first-order chi connectivity index (χ1) is 12.6. The Morgan fingerprint density at radius 1 is 1.27 bits per heavy atom. The highest BCUT2D eigenvalue weighted by molar-refractivity contribution is 5.96. The third-order valence-corrected chi connectivity index (χ3v) is 3.89. The molecule has 7 nitrogen and oxygen atoms in total. The molecule has 0 saturated carbocycles. The van der Waals surface area contributed by atoms with E-state index in [1.807, 2.05) is 19.2 Å². The van der Waals surface area contributed by atoms with E-state index < -0.39 is 0 Å². The lowest BCUT2D eigenvalue weighted by Crippen LogP contribution is -2.31. The number of aryl methyl sites for hydroxylation is 1. The van der Waals surface area contributed by atoms with Gasteiger partial charge in [-0.2, -0.15) is 5.10 Å². The van der Waals surface area contributed by atoms with Crippen LogP contribution in [0.4, 0.5) is 11.5 Å². The second-order valence-electron chi connectivity index (χ2n) is 5.72. The first kappa shape index (κ1) is 17.3. The summed E-state index contributed by atoms with van der Waals surface area (Å²) in [5.74, 6) is 0.560. The molecule has 0 aliphatic carbocycles. The zero-order chi connectivity index (χ0) is 18.5. The summed E-state index contributed by atoms with van der Waals surface area (Å²) in [5, 5.41) is 8.26. The van der Waals surface area contributed by atoms with Crippen molar-refractivity contribution in [2.24, 2.45) is 7.05 Å². The average molecular weight is 348 g/mol. The van der Waals surface area contributed by atoms with E-state index in [-0.39, 0.29) is 5.91 Å². The predicted molar refractivity (Wildman–Crippen MR) is 102 cm³/mol. The summed E-state index contributed by atoms with van der Waals surface area (Å²) in [6.45, 7) is 8.33. The number of hydrogen-bond donors (Lipinski definition) is 1. The Labute approximate surface area is 151 Å². The van der Waals surface area contributed by atoms with Gasteiger partial charge in [0.2, 0.25) is 0 Å². The summed E-state index contributed by atoms with van der Waals surface area (Å²) >= 11 is 0. The van der Waals surface area contributed by atoms with E-state index in [4.69, 9.17) is 0 Å². The van der Waals surface area contributed by atoms with E-state index in [0.29, 0.717) is 24.5 Å². The van der Waals surface area contributed by atoms with Gasteiger partial charge in [-0.3, -0.25) is 9.48 Å². The van der Waals surface area contributed by atoms with Crippen molar-refractivity contribution in [3.63, 3.8) is 0 Å². The van der Waals surface area contributed by atoms with E-state index in [2.05, 4.69) is 33.5 Å². The number of anilines is 2. The molecular formula is C19H20N6O. The highest BCUT2D eigenvalue weighted by Gasteiger charge is 2.14.